The van der Waals surface area contributed by atoms with E-state index in [4.69, 9.17) is 0 Å². The fraction of sp³-hybridized carbons (Fsp3) is 0.261. The first-order valence-corrected chi connectivity index (χ1v) is 9.61. The van der Waals surface area contributed by atoms with Crippen molar-refractivity contribution in [2.75, 3.05) is 31.1 Å². The Morgan fingerprint density at radius 1 is 0.964 bits per heavy atom. The van der Waals surface area contributed by atoms with Gasteiger partial charge >= 0.3 is 0 Å². The van der Waals surface area contributed by atoms with Crippen LogP contribution in [-0.4, -0.2) is 46.7 Å². The Kier molecular flexibility index (Phi) is 5.17. The van der Waals surface area contributed by atoms with Crippen molar-refractivity contribution >= 4 is 11.6 Å². The number of rotatable bonds is 4. The first-order valence-electron chi connectivity index (χ1n) is 9.61. The maximum atomic E-state index is 13.2. The second-order valence-corrected chi connectivity index (χ2v) is 7.22. The number of nitrogens with zero attached hydrogens (tertiary/aromatic N) is 3. The number of anilines is 1. The third-order valence-electron chi connectivity index (χ3n) is 5.30. The molecule has 1 fully saturated rings. The second-order valence-electron chi connectivity index (χ2n) is 7.22. The first-order chi connectivity index (χ1) is 13.7. The average molecular weight is 375 g/mol. The van der Waals surface area contributed by atoms with Gasteiger partial charge in [-0.1, -0.05) is 42.5 Å². The van der Waals surface area contributed by atoms with E-state index in [2.05, 4.69) is 11.0 Å². The van der Waals surface area contributed by atoms with E-state index in [1.807, 2.05) is 77.4 Å². The predicted octanol–water partition coefficient (Wildman–Crippen LogP) is 3.15. The molecule has 0 bridgehead atoms. The number of aryl methyl sites for hydroxylation is 1. The van der Waals surface area contributed by atoms with Crippen molar-refractivity contribution < 1.29 is 9.90 Å². The summed E-state index contributed by atoms with van der Waals surface area (Å²) in [5.41, 5.74) is 4.80. The van der Waals surface area contributed by atoms with Gasteiger partial charge in [0.2, 0.25) is 0 Å². The largest absolute Gasteiger partial charge is 0.392 e. The van der Waals surface area contributed by atoms with Gasteiger partial charge in [0.25, 0.3) is 5.91 Å². The Balaban J connectivity index is 1.49. The van der Waals surface area contributed by atoms with Gasteiger partial charge in [0.15, 0.2) is 0 Å². The highest BCUT2D eigenvalue weighted by molar-refractivity contribution is 6.01. The lowest BCUT2D eigenvalue weighted by Crippen LogP contribution is -2.48. The number of hydrogen-bond acceptors (Lipinski definition) is 3. The predicted molar refractivity (Wildman–Crippen MR) is 111 cm³/mol. The lowest BCUT2D eigenvalue weighted by Gasteiger charge is -2.36. The van der Waals surface area contributed by atoms with E-state index in [-0.39, 0.29) is 12.5 Å². The molecule has 2 heterocycles. The van der Waals surface area contributed by atoms with Crippen molar-refractivity contribution in [1.82, 2.24) is 9.47 Å². The highest BCUT2D eigenvalue weighted by atomic mass is 16.3. The van der Waals surface area contributed by atoms with Crippen LogP contribution in [0.4, 0.5) is 5.69 Å². The molecule has 0 aliphatic carbocycles. The molecule has 3 aromatic rings. The summed E-state index contributed by atoms with van der Waals surface area (Å²) < 4.78 is 1.95. The van der Waals surface area contributed by atoms with Crippen LogP contribution in [0.5, 0.6) is 0 Å². The zero-order chi connectivity index (χ0) is 19.5. The monoisotopic (exact) mass is 375 g/mol. The van der Waals surface area contributed by atoms with Crippen LogP contribution in [0, 0.1) is 0 Å². The van der Waals surface area contributed by atoms with Gasteiger partial charge in [-0.15, -0.1) is 0 Å². The normalized spacial score (nSPS) is 14.4. The van der Waals surface area contributed by atoms with Crippen molar-refractivity contribution in [3.05, 3.63) is 78.1 Å². The Hall–Kier alpha value is -3.05. The van der Waals surface area contributed by atoms with Crippen LogP contribution in [-0.2, 0) is 13.7 Å². The Labute approximate surface area is 165 Å². The van der Waals surface area contributed by atoms with E-state index >= 15 is 0 Å². The molecule has 0 unspecified atom stereocenters. The van der Waals surface area contributed by atoms with Crippen LogP contribution in [0.25, 0.3) is 11.1 Å². The molecule has 4 rings (SSSR count). The Morgan fingerprint density at radius 3 is 2.43 bits per heavy atom. The van der Waals surface area contributed by atoms with Crippen LogP contribution >= 0.6 is 0 Å². The number of aliphatic hydroxyl groups excluding tert-OH is 1. The molecule has 1 aliphatic heterocycles. The molecule has 2 aromatic carbocycles. The molecule has 28 heavy (non-hydrogen) atoms. The Morgan fingerprint density at radius 2 is 1.71 bits per heavy atom. The molecular formula is C23H25N3O2. The van der Waals surface area contributed by atoms with Crippen molar-refractivity contribution in [3.8, 4) is 11.1 Å². The Bertz CT molecular complexity index is 957. The molecule has 1 saturated heterocycles. The minimum atomic E-state index is 0.0442. The third kappa shape index (κ3) is 3.66. The number of carbonyl (C=O) groups is 1. The SMILES string of the molecule is Cn1cc(C(=O)N2CCN(c3cccc(CO)c3)CC2)c(-c2ccccc2)c1. The maximum absolute atomic E-state index is 13.2. The number of piperazine rings is 1. The molecule has 1 N–H and O–H groups in total. The number of aromatic nitrogens is 1. The molecular weight excluding hydrogens is 350 g/mol. The number of benzene rings is 2. The van der Waals surface area contributed by atoms with Crippen LogP contribution in [0.1, 0.15) is 15.9 Å². The average Bonchev–Trinajstić information content (AvgIpc) is 3.15. The van der Waals surface area contributed by atoms with Crippen LogP contribution < -0.4 is 4.90 Å². The highest BCUT2D eigenvalue weighted by Gasteiger charge is 2.25. The lowest BCUT2D eigenvalue weighted by atomic mass is 10.0. The van der Waals surface area contributed by atoms with Gasteiger partial charge in [0.05, 0.1) is 12.2 Å². The zero-order valence-corrected chi connectivity index (χ0v) is 16.1. The molecule has 1 amide bonds. The van der Waals surface area contributed by atoms with Crippen LogP contribution in [0.3, 0.4) is 0 Å². The summed E-state index contributed by atoms with van der Waals surface area (Å²) >= 11 is 0. The summed E-state index contributed by atoms with van der Waals surface area (Å²) in [5.74, 6) is 0.0863. The standard InChI is InChI=1S/C23H25N3O2/c1-24-15-21(19-7-3-2-4-8-19)22(16-24)23(28)26-12-10-25(11-13-26)20-9-5-6-18(14-20)17-27/h2-9,14-16,27H,10-13,17H2,1H3. The van der Waals surface area contributed by atoms with Crippen molar-refractivity contribution in [3.63, 3.8) is 0 Å². The van der Waals surface area contributed by atoms with E-state index in [0.29, 0.717) is 13.1 Å². The lowest BCUT2D eigenvalue weighted by molar-refractivity contribution is 0.0747. The fourth-order valence-electron chi connectivity index (χ4n) is 3.79. The van der Waals surface area contributed by atoms with Gasteiger partial charge in [-0.3, -0.25) is 4.79 Å². The molecule has 0 atom stereocenters. The number of hydrogen-bond donors (Lipinski definition) is 1. The molecule has 0 saturated carbocycles. The fourth-order valence-corrected chi connectivity index (χ4v) is 3.79. The van der Waals surface area contributed by atoms with Gasteiger partial charge < -0.3 is 19.5 Å². The summed E-state index contributed by atoms with van der Waals surface area (Å²) in [7, 11) is 1.95. The topological polar surface area (TPSA) is 48.7 Å². The van der Waals surface area contributed by atoms with Gasteiger partial charge in [0.1, 0.15) is 0 Å². The molecule has 5 nitrogen and oxygen atoms in total. The van der Waals surface area contributed by atoms with Gasteiger partial charge in [-0.25, -0.2) is 0 Å². The third-order valence-corrected chi connectivity index (χ3v) is 5.30. The molecule has 144 valence electrons. The maximum Gasteiger partial charge on any atom is 0.256 e. The summed E-state index contributed by atoms with van der Waals surface area (Å²) in [6, 6.07) is 18.0. The molecule has 1 aromatic heterocycles. The van der Waals surface area contributed by atoms with E-state index in [9.17, 15) is 9.90 Å². The number of amides is 1. The molecule has 0 spiro atoms. The van der Waals surface area contributed by atoms with Crippen molar-refractivity contribution in [2.24, 2.45) is 7.05 Å². The number of carbonyl (C=O) groups excluding carboxylic acids is 1. The smallest absolute Gasteiger partial charge is 0.256 e. The number of aliphatic hydroxyl groups is 1. The van der Waals surface area contributed by atoms with E-state index in [1.54, 1.807) is 0 Å². The van der Waals surface area contributed by atoms with Crippen LogP contribution in [0.2, 0.25) is 0 Å². The van der Waals surface area contributed by atoms with Crippen molar-refractivity contribution in [1.29, 1.82) is 0 Å². The highest BCUT2D eigenvalue weighted by Crippen LogP contribution is 2.26. The summed E-state index contributed by atoms with van der Waals surface area (Å²) in [4.78, 5) is 17.4. The van der Waals surface area contributed by atoms with E-state index in [0.717, 1.165) is 41.0 Å². The van der Waals surface area contributed by atoms with E-state index in [1.165, 1.54) is 0 Å². The van der Waals surface area contributed by atoms with E-state index < -0.39 is 0 Å². The van der Waals surface area contributed by atoms with Crippen molar-refractivity contribution in [2.45, 2.75) is 6.61 Å². The van der Waals surface area contributed by atoms with Gasteiger partial charge in [0, 0.05) is 56.9 Å². The summed E-state index contributed by atoms with van der Waals surface area (Å²) in [6.07, 6.45) is 3.93. The molecule has 0 radical (unpaired) electrons. The summed E-state index contributed by atoms with van der Waals surface area (Å²) in [5, 5.41) is 9.35. The minimum absolute atomic E-state index is 0.0442. The minimum Gasteiger partial charge on any atom is -0.392 e. The second kappa shape index (κ2) is 7.90. The van der Waals surface area contributed by atoms with Crippen LogP contribution in [0.15, 0.2) is 67.0 Å². The summed E-state index contributed by atoms with van der Waals surface area (Å²) in [6.45, 7) is 2.99. The van der Waals surface area contributed by atoms with Gasteiger partial charge in [-0.05, 0) is 23.3 Å². The zero-order valence-electron chi connectivity index (χ0n) is 16.1. The molecule has 5 heteroatoms. The van der Waals surface area contributed by atoms with Gasteiger partial charge in [-0.2, -0.15) is 0 Å². The molecule has 1 aliphatic rings. The quantitative estimate of drug-likeness (QED) is 0.762. The first kappa shape index (κ1) is 18.3.